The van der Waals surface area contributed by atoms with E-state index in [0.717, 1.165) is 17.4 Å². The molecule has 4 heteroatoms. The van der Waals surface area contributed by atoms with Crippen LogP contribution < -0.4 is 5.32 Å². The van der Waals surface area contributed by atoms with Gasteiger partial charge in [0.25, 0.3) is 0 Å². The van der Waals surface area contributed by atoms with Crippen LogP contribution in [-0.4, -0.2) is 6.04 Å². The molecule has 102 valence electrons. The quantitative estimate of drug-likeness (QED) is 0.900. The Morgan fingerprint density at radius 2 is 2.05 bits per heavy atom. The minimum Gasteiger partial charge on any atom is -0.456 e. The van der Waals surface area contributed by atoms with Crippen LogP contribution in [0.3, 0.4) is 0 Å². The molecule has 1 aliphatic carbocycles. The maximum Gasteiger partial charge on any atom is 0.201 e. The Morgan fingerprint density at radius 1 is 1.32 bits per heavy atom. The van der Waals surface area contributed by atoms with E-state index < -0.39 is 11.6 Å². The molecule has 1 aromatic carbocycles. The van der Waals surface area contributed by atoms with E-state index in [1.54, 1.807) is 6.07 Å². The molecule has 0 bridgehead atoms. The fraction of sp³-hybridized carbons (Fsp3) is 0.467. The fourth-order valence-electron chi connectivity index (χ4n) is 2.46. The second-order valence-electron chi connectivity index (χ2n) is 5.49. The van der Waals surface area contributed by atoms with Crippen molar-refractivity contribution in [3.8, 4) is 0 Å². The third kappa shape index (κ3) is 2.25. The molecule has 0 saturated heterocycles. The van der Waals surface area contributed by atoms with Crippen molar-refractivity contribution in [1.29, 1.82) is 0 Å². The van der Waals surface area contributed by atoms with Gasteiger partial charge in [0, 0.05) is 17.0 Å². The Morgan fingerprint density at radius 3 is 2.68 bits per heavy atom. The SMILES string of the molecule is CC(C)c1c(CNC2CC2)oc2c(F)c(F)ccc12. The van der Waals surface area contributed by atoms with Crippen LogP contribution in [0.5, 0.6) is 0 Å². The van der Waals surface area contributed by atoms with Crippen LogP contribution in [0, 0.1) is 11.6 Å². The molecule has 0 unspecified atom stereocenters. The van der Waals surface area contributed by atoms with Crippen LogP contribution in [-0.2, 0) is 6.54 Å². The molecule has 0 spiro atoms. The molecule has 1 fully saturated rings. The van der Waals surface area contributed by atoms with E-state index in [-0.39, 0.29) is 11.5 Å². The number of halogens is 2. The molecular formula is C15H17F2NO. The van der Waals surface area contributed by atoms with Crippen molar-refractivity contribution in [3.05, 3.63) is 35.1 Å². The van der Waals surface area contributed by atoms with Gasteiger partial charge in [-0.25, -0.2) is 4.39 Å². The summed E-state index contributed by atoms with van der Waals surface area (Å²) in [5.74, 6) is -0.821. The van der Waals surface area contributed by atoms with Gasteiger partial charge in [-0.1, -0.05) is 13.8 Å². The third-order valence-electron chi connectivity index (χ3n) is 3.57. The highest BCUT2D eigenvalue weighted by Crippen LogP contribution is 2.34. The van der Waals surface area contributed by atoms with Gasteiger partial charge < -0.3 is 9.73 Å². The maximum absolute atomic E-state index is 13.8. The molecular weight excluding hydrogens is 248 g/mol. The van der Waals surface area contributed by atoms with Crippen LogP contribution in [0.25, 0.3) is 11.0 Å². The Balaban J connectivity index is 2.08. The number of fused-ring (bicyclic) bond motifs is 1. The number of benzene rings is 1. The Bertz CT molecular complexity index is 614. The summed E-state index contributed by atoms with van der Waals surface area (Å²) < 4.78 is 32.6. The van der Waals surface area contributed by atoms with Crippen molar-refractivity contribution in [3.63, 3.8) is 0 Å². The lowest BCUT2D eigenvalue weighted by molar-refractivity contribution is 0.464. The van der Waals surface area contributed by atoms with Crippen LogP contribution in [0.4, 0.5) is 8.78 Å². The number of nitrogens with one attached hydrogen (secondary N) is 1. The first kappa shape index (κ1) is 12.6. The summed E-state index contributed by atoms with van der Waals surface area (Å²) in [5.41, 5.74) is 1.01. The van der Waals surface area contributed by atoms with E-state index in [4.69, 9.17) is 4.42 Å². The molecule has 1 aromatic heterocycles. The summed E-state index contributed by atoms with van der Waals surface area (Å²) in [6.45, 7) is 4.65. The van der Waals surface area contributed by atoms with Crippen LogP contribution >= 0.6 is 0 Å². The van der Waals surface area contributed by atoms with Crippen molar-refractivity contribution in [2.45, 2.75) is 45.2 Å². The zero-order valence-electron chi connectivity index (χ0n) is 11.1. The van der Waals surface area contributed by atoms with Crippen LogP contribution in [0.15, 0.2) is 16.5 Å². The Labute approximate surface area is 110 Å². The van der Waals surface area contributed by atoms with Gasteiger partial charge in [-0.2, -0.15) is 4.39 Å². The number of hydrogen-bond acceptors (Lipinski definition) is 2. The fourth-order valence-corrected chi connectivity index (χ4v) is 2.46. The third-order valence-corrected chi connectivity index (χ3v) is 3.57. The summed E-state index contributed by atoms with van der Waals surface area (Å²) in [6, 6.07) is 3.32. The molecule has 0 aliphatic heterocycles. The second kappa shape index (κ2) is 4.60. The lowest BCUT2D eigenvalue weighted by Gasteiger charge is -2.07. The molecule has 2 aromatic rings. The average molecular weight is 265 g/mol. The Hall–Kier alpha value is -1.42. The number of rotatable bonds is 4. The minimum absolute atomic E-state index is 0.0382. The smallest absolute Gasteiger partial charge is 0.201 e. The molecule has 0 atom stereocenters. The van der Waals surface area contributed by atoms with Crippen LogP contribution in [0.2, 0.25) is 0 Å². The van der Waals surface area contributed by atoms with E-state index in [2.05, 4.69) is 5.32 Å². The highest BCUT2D eigenvalue weighted by molar-refractivity contribution is 5.83. The van der Waals surface area contributed by atoms with Crippen molar-refractivity contribution < 1.29 is 13.2 Å². The first-order chi connectivity index (χ1) is 9.08. The number of furan rings is 1. The lowest BCUT2D eigenvalue weighted by atomic mass is 9.99. The van der Waals surface area contributed by atoms with Crippen molar-refractivity contribution in [2.24, 2.45) is 0 Å². The van der Waals surface area contributed by atoms with Crippen molar-refractivity contribution in [1.82, 2.24) is 5.32 Å². The van der Waals surface area contributed by atoms with Crippen LogP contribution in [0.1, 0.15) is 43.9 Å². The normalized spacial score (nSPS) is 15.6. The molecule has 0 amide bonds. The van der Waals surface area contributed by atoms with Gasteiger partial charge in [0.15, 0.2) is 11.4 Å². The van der Waals surface area contributed by atoms with E-state index in [1.165, 1.54) is 12.8 Å². The lowest BCUT2D eigenvalue weighted by Crippen LogP contribution is -2.15. The van der Waals surface area contributed by atoms with Crippen molar-refractivity contribution in [2.75, 3.05) is 0 Å². The highest BCUT2D eigenvalue weighted by atomic mass is 19.2. The standard InChI is InChI=1S/C15H17F2NO/c1-8(2)13-10-5-6-11(16)14(17)15(10)19-12(13)7-18-9-3-4-9/h5-6,8-9,18H,3-4,7H2,1-2H3. The van der Waals surface area contributed by atoms with Gasteiger partial charge in [-0.3, -0.25) is 0 Å². The molecule has 2 nitrogen and oxygen atoms in total. The van der Waals surface area contributed by atoms with Gasteiger partial charge in [0.2, 0.25) is 5.82 Å². The highest BCUT2D eigenvalue weighted by Gasteiger charge is 2.24. The van der Waals surface area contributed by atoms with Gasteiger partial charge in [-0.05, 0) is 30.9 Å². The predicted octanol–water partition coefficient (Wildman–Crippen LogP) is 4.09. The summed E-state index contributed by atoms with van der Waals surface area (Å²) in [5, 5.41) is 4.04. The van der Waals surface area contributed by atoms with Gasteiger partial charge in [0.05, 0.1) is 6.54 Å². The molecule has 1 aliphatic rings. The molecule has 0 radical (unpaired) electrons. The summed E-state index contributed by atoms with van der Waals surface area (Å²) in [7, 11) is 0. The average Bonchev–Trinajstić information content (AvgIpc) is 3.11. The molecule has 19 heavy (non-hydrogen) atoms. The molecule has 1 heterocycles. The van der Waals surface area contributed by atoms with Crippen molar-refractivity contribution >= 4 is 11.0 Å². The summed E-state index contributed by atoms with van der Waals surface area (Å²) in [4.78, 5) is 0. The van der Waals surface area contributed by atoms with E-state index >= 15 is 0 Å². The monoisotopic (exact) mass is 265 g/mol. The van der Waals surface area contributed by atoms with E-state index in [1.807, 2.05) is 13.8 Å². The van der Waals surface area contributed by atoms with E-state index in [0.29, 0.717) is 18.0 Å². The molecule has 1 saturated carbocycles. The summed E-state index contributed by atoms with van der Waals surface area (Å²) in [6.07, 6.45) is 2.36. The molecule has 3 rings (SSSR count). The summed E-state index contributed by atoms with van der Waals surface area (Å²) >= 11 is 0. The van der Waals surface area contributed by atoms with Gasteiger partial charge in [0.1, 0.15) is 5.76 Å². The second-order valence-corrected chi connectivity index (χ2v) is 5.49. The first-order valence-corrected chi connectivity index (χ1v) is 6.70. The minimum atomic E-state index is -0.892. The zero-order valence-corrected chi connectivity index (χ0v) is 11.1. The van der Waals surface area contributed by atoms with Gasteiger partial charge in [-0.15, -0.1) is 0 Å². The van der Waals surface area contributed by atoms with E-state index in [9.17, 15) is 8.78 Å². The Kier molecular flexibility index (Phi) is 3.05. The number of hydrogen-bond donors (Lipinski definition) is 1. The predicted molar refractivity (Wildman–Crippen MR) is 70.1 cm³/mol. The maximum atomic E-state index is 13.8. The molecule has 1 N–H and O–H groups in total. The van der Waals surface area contributed by atoms with Gasteiger partial charge >= 0.3 is 0 Å². The topological polar surface area (TPSA) is 25.2 Å². The zero-order chi connectivity index (χ0) is 13.6. The first-order valence-electron chi connectivity index (χ1n) is 6.70. The largest absolute Gasteiger partial charge is 0.456 e.